The number of amides is 2. The highest BCUT2D eigenvalue weighted by molar-refractivity contribution is 6.43. The first-order chi connectivity index (χ1) is 26.0. The number of piperazine rings is 1. The predicted molar refractivity (Wildman–Crippen MR) is 225 cm³/mol. The highest BCUT2D eigenvalue weighted by Crippen LogP contribution is 2.34. The third-order valence-electron chi connectivity index (χ3n) is 9.61. The predicted octanol–water partition coefficient (Wildman–Crippen LogP) is 11.5. The first-order valence-electron chi connectivity index (χ1n) is 19.8. The van der Waals surface area contributed by atoms with E-state index < -0.39 is 0 Å². The number of anilines is 2. The van der Waals surface area contributed by atoms with Crippen LogP contribution in [0.2, 0.25) is 10.0 Å². The molecule has 2 heterocycles. The lowest BCUT2D eigenvalue weighted by Crippen LogP contribution is -2.46. The van der Waals surface area contributed by atoms with Crippen LogP contribution in [0.3, 0.4) is 0 Å². The first-order valence-corrected chi connectivity index (χ1v) is 20.5. The second-order valence-electron chi connectivity index (χ2n) is 13.7. The molecule has 2 aliphatic heterocycles. The molecule has 4 rings (SSSR count). The molecule has 0 spiro atoms. The van der Waals surface area contributed by atoms with E-state index in [0.717, 1.165) is 115 Å². The van der Waals surface area contributed by atoms with Gasteiger partial charge in [-0.05, 0) is 101 Å². The summed E-state index contributed by atoms with van der Waals surface area (Å²) < 4.78 is 6.11. The Kier molecular flexibility index (Phi) is 19.6. The first kappa shape index (κ1) is 42.2. The maximum absolute atomic E-state index is 13.3. The Morgan fingerprint density at radius 2 is 1.42 bits per heavy atom. The molecule has 2 aromatic carbocycles. The Balaban J connectivity index is 1.07. The fraction of sp³-hybridized carbons (Fsp3) is 0.467. The van der Waals surface area contributed by atoms with Crippen LogP contribution in [0.15, 0.2) is 97.2 Å². The molecule has 1 fully saturated rings. The summed E-state index contributed by atoms with van der Waals surface area (Å²) >= 11 is 12.6. The Morgan fingerprint density at radius 1 is 0.736 bits per heavy atom. The minimum atomic E-state index is -0.115. The van der Waals surface area contributed by atoms with Crippen molar-refractivity contribution in [2.75, 3.05) is 49.1 Å². The summed E-state index contributed by atoms with van der Waals surface area (Å²) in [6.45, 7) is 7.57. The zero-order chi connectivity index (χ0) is 37.5. The molecule has 53 heavy (non-hydrogen) atoms. The Morgan fingerprint density at radius 3 is 2.11 bits per heavy atom. The number of rotatable bonds is 22. The van der Waals surface area contributed by atoms with E-state index in [2.05, 4.69) is 77.5 Å². The standard InChI is InChI=1S/C45H59Cl2N3O3/c1-2-3-4-5-6-7-8-9-10-11-12-13-14-15-16-17-18-19-20-26-43(51)50-42-37-39(29-27-38(42)28-30-44(50)52)53-36-22-21-31-48-32-34-49(35-33-48)41-25-23-24-40(46)45(41)47/h3-4,6-7,9-10,12-13,15-16,23-25,27,29,37H,2,5,8,11,14,17-22,26,28,30-36H2,1H3/b4-3-,7-6-,10-9-,13-12-,16-15-. The molecule has 0 saturated carbocycles. The van der Waals surface area contributed by atoms with Gasteiger partial charge in [0.1, 0.15) is 5.75 Å². The van der Waals surface area contributed by atoms with Gasteiger partial charge in [-0.2, -0.15) is 0 Å². The minimum Gasteiger partial charge on any atom is -0.494 e. The van der Waals surface area contributed by atoms with E-state index in [4.69, 9.17) is 27.9 Å². The molecule has 0 radical (unpaired) electrons. The van der Waals surface area contributed by atoms with E-state index in [-0.39, 0.29) is 11.8 Å². The number of fused-ring (bicyclic) bond motifs is 1. The number of halogens is 2. The summed E-state index contributed by atoms with van der Waals surface area (Å²) in [4.78, 5) is 32.4. The lowest BCUT2D eigenvalue weighted by molar-refractivity contribution is -0.126. The van der Waals surface area contributed by atoms with Crippen molar-refractivity contribution in [1.82, 2.24) is 4.90 Å². The van der Waals surface area contributed by atoms with E-state index in [1.165, 1.54) is 4.90 Å². The van der Waals surface area contributed by atoms with Crippen molar-refractivity contribution in [1.29, 1.82) is 0 Å². The molecular formula is C45H59Cl2N3O3. The van der Waals surface area contributed by atoms with E-state index in [9.17, 15) is 9.59 Å². The summed E-state index contributed by atoms with van der Waals surface area (Å²) in [6.07, 6.45) is 34.3. The van der Waals surface area contributed by atoms with Crippen LogP contribution in [0.25, 0.3) is 0 Å². The van der Waals surface area contributed by atoms with Crippen LogP contribution >= 0.6 is 23.2 Å². The summed E-state index contributed by atoms with van der Waals surface area (Å²) in [7, 11) is 0. The van der Waals surface area contributed by atoms with Gasteiger partial charge in [0.25, 0.3) is 0 Å². The summed E-state index contributed by atoms with van der Waals surface area (Å²) in [5, 5.41) is 1.22. The van der Waals surface area contributed by atoms with Crippen molar-refractivity contribution in [3.8, 4) is 5.75 Å². The van der Waals surface area contributed by atoms with E-state index in [0.29, 0.717) is 47.4 Å². The minimum absolute atomic E-state index is 0.110. The molecule has 0 aromatic heterocycles. The van der Waals surface area contributed by atoms with E-state index in [1.54, 1.807) is 0 Å². The maximum atomic E-state index is 13.3. The third-order valence-corrected chi connectivity index (χ3v) is 10.4. The second-order valence-corrected chi connectivity index (χ2v) is 14.5. The SMILES string of the molecule is CC/C=C\C/C=C\C/C=C\C/C=C\C/C=C\CCCCCC(=O)N1C(=O)CCc2ccc(OCCCCN3CCN(c4cccc(Cl)c4Cl)CC3)cc21. The molecule has 8 heteroatoms. The average Bonchev–Trinajstić information content (AvgIpc) is 3.16. The Labute approximate surface area is 328 Å². The molecular weight excluding hydrogens is 701 g/mol. The van der Waals surface area contributed by atoms with Crippen molar-refractivity contribution < 1.29 is 14.3 Å². The molecule has 2 aliphatic rings. The van der Waals surface area contributed by atoms with Gasteiger partial charge in [-0.15, -0.1) is 0 Å². The van der Waals surface area contributed by atoms with E-state index >= 15 is 0 Å². The quantitative estimate of drug-likeness (QED) is 0.0884. The highest BCUT2D eigenvalue weighted by Gasteiger charge is 2.29. The monoisotopic (exact) mass is 759 g/mol. The number of carbonyl (C=O) groups excluding carboxylic acids is 2. The average molecular weight is 761 g/mol. The number of aryl methyl sites for hydroxylation is 1. The molecule has 0 aliphatic carbocycles. The van der Waals surface area contributed by atoms with Crippen LogP contribution in [-0.2, 0) is 16.0 Å². The lowest BCUT2D eigenvalue weighted by atomic mass is 10.00. The summed E-state index contributed by atoms with van der Waals surface area (Å²) in [5.41, 5.74) is 2.73. The van der Waals surface area contributed by atoms with Gasteiger partial charge in [0.2, 0.25) is 11.8 Å². The maximum Gasteiger partial charge on any atom is 0.234 e. The van der Waals surface area contributed by atoms with Crippen LogP contribution in [0, 0.1) is 0 Å². The summed E-state index contributed by atoms with van der Waals surface area (Å²) in [6, 6.07) is 11.7. The molecule has 286 valence electrons. The van der Waals surface area contributed by atoms with Gasteiger partial charge in [-0.3, -0.25) is 19.4 Å². The van der Waals surface area contributed by atoms with Crippen molar-refractivity contribution in [2.24, 2.45) is 0 Å². The van der Waals surface area contributed by atoms with E-state index in [1.807, 2.05) is 36.4 Å². The molecule has 0 atom stereocenters. The number of allylic oxidation sites excluding steroid dienone is 10. The van der Waals surface area contributed by atoms with Gasteiger partial charge < -0.3 is 9.64 Å². The van der Waals surface area contributed by atoms with Gasteiger partial charge in [0, 0.05) is 45.1 Å². The van der Waals surface area contributed by atoms with Gasteiger partial charge in [-0.25, -0.2) is 0 Å². The molecule has 1 saturated heterocycles. The number of hydrogen-bond acceptors (Lipinski definition) is 5. The van der Waals surface area contributed by atoms with Crippen molar-refractivity contribution in [3.63, 3.8) is 0 Å². The smallest absolute Gasteiger partial charge is 0.234 e. The number of nitrogens with zero attached hydrogens (tertiary/aromatic N) is 3. The Bertz CT molecular complexity index is 1570. The molecule has 2 aromatic rings. The molecule has 0 N–H and O–H groups in total. The number of unbranched alkanes of at least 4 members (excludes halogenated alkanes) is 4. The number of ether oxygens (including phenoxy) is 1. The number of benzene rings is 2. The molecule has 0 unspecified atom stereocenters. The van der Waals surface area contributed by atoms with Gasteiger partial charge in [0.15, 0.2) is 0 Å². The van der Waals surface area contributed by atoms with Crippen molar-refractivity contribution >= 4 is 46.4 Å². The van der Waals surface area contributed by atoms with Gasteiger partial charge >= 0.3 is 0 Å². The van der Waals surface area contributed by atoms with Crippen LogP contribution in [0.5, 0.6) is 5.75 Å². The zero-order valence-corrected chi connectivity index (χ0v) is 33.2. The zero-order valence-electron chi connectivity index (χ0n) is 31.7. The van der Waals surface area contributed by atoms with Crippen LogP contribution in [0.4, 0.5) is 11.4 Å². The topological polar surface area (TPSA) is 53.1 Å². The number of hydrogen-bond donors (Lipinski definition) is 0. The van der Waals surface area contributed by atoms with Gasteiger partial charge in [0.05, 0.1) is 28.0 Å². The lowest BCUT2D eigenvalue weighted by Gasteiger charge is -2.36. The van der Waals surface area contributed by atoms with Crippen LogP contribution in [0.1, 0.15) is 96.0 Å². The molecule has 0 bridgehead atoms. The third kappa shape index (κ3) is 15.0. The second kappa shape index (κ2) is 24.7. The Hall–Kier alpha value is -3.58. The van der Waals surface area contributed by atoms with Crippen LogP contribution < -0.4 is 14.5 Å². The van der Waals surface area contributed by atoms with Crippen molar-refractivity contribution in [3.05, 3.63) is 113 Å². The largest absolute Gasteiger partial charge is 0.494 e. The number of imide groups is 1. The fourth-order valence-electron chi connectivity index (χ4n) is 6.59. The van der Waals surface area contributed by atoms with Crippen molar-refractivity contribution in [2.45, 2.75) is 96.8 Å². The fourth-order valence-corrected chi connectivity index (χ4v) is 7.00. The molecule has 6 nitrogen and oxygen atoms in total. The summed E-state index contributed by atoms with van der Waals surface area (Å²) in [5.74, 6) is 0.484. The highest BCUT2D eigenvalue weighted by atomic mass is 35.5. The number of carbonyl (C=O) groups is 2. The van der Waals surface area contributed by atoms with Crippen LogP contribution in [-0.4, -0.2) is 56.0 Å². The molecule has 2 amide bonds. The normalized spacial score (nSPS) is 15.6. The van der Waals surface area contributed by atoms with Gasteiger partial charge in [-0.1, -0.05) is 109 Å².